The van der Waals surface area contributed by atoms with E-state index in [0.717, 1.165) is 11.3 Å². The molecule has 2 aromatic carbocycles. The molecule has 0 fully saturated rings. The topological polar surface area (TPSA) is 26.0 Å². The molecule has 0 aliphatic heterocycles. The van der Waals surface area contributed by atoms with Gasteiger partial charge < -0.3 is 5.73 Å². The van der Waals surface area contributed by atoms with Crippen LogP contribution in [0, 0.1) is 6.92 Å². The summed E-state index contributed by atoms with van der Waals surface area (Å²) >= 11 is 0. The number of allylic oxidation sites excluding steroid dienone is 1. The molecule has 0 aromatic heterocycles. The Morgan fingerprint density at radius 2 is 1.88 bits per heavy atom. The Labute approximate surface area is 96.6 Å². The quantitative estimate of drug-likeness (QED) is 0.704. The lowest BCUT2D eigenvalue weighted by Gasteiger charge is -2.07. The maximum absolute atomic E-state index is 6.03. The van der Waals surface area contributed by atoms with Crippen LogP contribution >= 0.6 is 0 Å². The van der Waals surface area contributed by atoms with Crippen LogP contribution in [0.3, 0.4) is 0 Å². The van der Waals surface area contributed by atoms with Crippen molar-refractivity contribution in [2.75, 3.05) is 5.73 Å². The minimum Gasteiger partial charge on any atom is -0.398 e. The number of nitrogens with two attached hydrogens (primary N) is 1. The number of benzene rings is 2. The Kier molecular flexibility index (Phi) is 2.69. The van der Waals surface area contributed by atoms with Crippen LogP contribution in [0.1, 0.15) is 25.0 Å². The van der Waals surface area contributed by atoms with Gasteiger partial charge in [-0.3, -0.25) is 0 Å². The fourth-order valence-electron chi connectivity index (χ4n) is 1.94. The number of hydrogen-bond acceptors (Lipinski definition) is 1. The predicted molar refractivity (Wildman–Crippen MR) is 72.4 cm³/mol. The van der Waals surface area contributed by atoms with E-state index in [1.807, 2.05) is 6.07 Å². The number of nitrogen functional groups attached to an aromatic ring is 1. The van der Waals surface area contributed by atoms with Crippen LogP contribution in [0.5, 0.6) is 0 Å². The molecule has 0 radical (unpaired) electrons. The number of hydrogen-bond donors (Lipinski definition) is 1. The average Bonchev–Trinajstić information content (AvgIpc) is 2.22. The van der Waals surface area contributed by atoms with Crippen molar-refractivity contribution in [3.63, 3.8) is 0 Å². The van der Waals surface area contributed by atoms with Gasteiger partial charge in [-0.05, 0) is 37.6 Å². The zero-order valence-corrected chi connectivity index (χ0v) is 10.0. The third-order valence-electron chi connectivity index (χ3n) is 2.68. The lowest BCUT2D eigenvalue weighted by Crippen LogP contribution is -1.91. The van der Waals surface area contributed by atoms with Crippen LogP contribution in [-0.2, 0) is 0 Å². The molecular weight excluding hydrogens is 194 g/mol. The highest BCUT2D eigenvalue weighted by atomic mass is 14.6. The molecule has 0 atom stereocenters. The van der Waals surface area contributed by atoms with Gasteiger partial charge in [-0.2, -0.15) is 0 Å². The van der Waals surface area contributed by atoms with E-state index in [4.69, 9.17) is 5.73 Å². The molecule has 2 aromatic rings. The van der Waals surface area contributed by atoms with Crippen LogP contribution in [-0.4, -0.2) is 0 Å². The molecule has 1 heteroatoms. The lowest BCUT2D eigenvalue weighted by atomic mass is 9.99. The number of fused-ring (bicyclic) bond motifs is 1. The fraction of sp³-hybridized carbons (Fsp3) is 0.200. The first-order valence-electron chi connectivity index (χ1n) is 5.51. The Morgan fingerprint density at radius 3 is 2.56 bits per heavy atom. The summed E-state index contributed by atoms with van der Waals surface area (Å²) < 4.78 is 0. The molecule has 16 heavy (non-hydrogen) atoms. The summed E-state index contributed by atoms with van der Waals surface area (Å²) in [5.74, 6) is 0. The van der Waals surface area contributed by atoms with Crippen molar-refractivity contribution in [2.45, 2.75) is 20.8 Å². The van der Waals surface area contributed by atoms with Gasteiger partial charge in [0, 0.05) is 11.3 Å². The van der Waals surface area contributed by atoms with E-state index in [1.165, 1.54) is 21.9 Å². The van der Waals surface area contributed by atoms with E-state index in [1.54, 1.807) is 0 Å². The highest BCUT2D eigenvalue weighted by Gasteiger charge is 2.02. The van der Waals surface area contributed by atoms with Crippen LogP contribution in [0.2, 0.25) is 0 Å². The van der Waals surface area contributed by atoms with Crippen LogP contribution < -0.4 is 5.73 Å². The maximum Gasteiger partial charge on any atom is 0.0394 e. The molecule has 2 N–H and O–H groups in total. The third-order valence-corrected chi connectivity index (χ3v) is 2.68. The molecule has 82 valence electrons. The predicted octanol–water partition coefficient (Wildman–Crippen LogP) is 4.15. The van der Waals surface area contributed by atoms with Gasteiger partial charge in [-0.15, -0.1) is 0 Å². The normalized spacial score (nSPS) is 10.4. The van der Waals surface area contributed by atoms with Crippen LogP contribution in [0.25, 0.3) is 16.8 Å². The van der Waals surface area contributed by atoms with E-state index < -0.39 is 0 Å². The van der Waals surface area contributed by atoms with Crippen molar-refractivity contribution in [1.29, 1.82) is 0 Å². The molecule has 0 bridgehead atoms. The molecular formula is C15H17N. The second-order valence-corrected chi connectivity index (χ2v) is 4.51. The summed E-state index contributed by atoms with van der Waals surface area (Å²) in [5, 5.41) is 2.48. The highest BCUT2D eigenvalue weighted by Crippen LogP contribution is 2.27. The van der Waals surface area contributed by atoms with Gasteiger partial charge in [0.25, 0.3) is 0 Å². The van der Waals surface area contributed by atoms with E-state index in [-0.39, 0.29) is 0 Å². The fourth-order valence-corrected chi connectivity index (χ4v) is 1.94. The summed E-state index contributed by atoms with van der Waals surface area (Å²) in [5.41, 5.74) is 10.6. The minimum atomic E-state index is 0.845. The van der Waals surface area contributed by atoms with Gasteiger partial charge in [0.05, 0.1) is 0 Å². The minimum absolute atomic E-state index is 0.845. The first-order valence-corrected chi connectivity index (χ1v) is 5.51. The molecule has 0 heterocycles. The third kappa shape index (κ3) is 1.94. The Hall–Kier alpha value is -1.76. The number of anilines is 1. The molecule has 0 saturated heterocycles. The Morgan fingerprint density at radius 1 is 1.12 bits per heavy atom. The van der Waals surface area contributed by atoms with Crippen molar-refractivity contribution >= 4 is 22.5 Å². The summed E-state index contributed by atoms with van der Waals surface area (Å²) in [7, 11) is 0. The number of rotatable bonds is 1. The standard InChI is InChI=1S/C15H17N/c1-10(2)8-14-13-6-4-11(3)9-12(13)5-7-15(14)16/h4-9H,16H2,1-3H3. The molecule has 0 aliphatic carbocycles. The van der Waals surface area contributed by atoms with Crippen molar-refractivity contribution < 1.29 is 0 Å². The molecule has 0 spiro atoms. The SMILES string of the molecule is CC(C)=Cc1c(N)ccc2cc(C)ccc12. The van der Waals surface area contributed by atoms with E-state index >= 15 is 0 Å². The molecule has 0 saturated carbocycles. The van der Waals surface area contributed by atoms with Crippen molar-refractivity contribution in [2.24, 2.45) is 0 Å². The van der Waals surface area contributed by atoms with Gasteiger partial charge >= 0.3 is 0 Å². The second kappa shape index (κ2) is 4.01. The van der Waals surface area contributed by atoms with Crippen molar-refractivity contribution in [1.82, 2.24) is 0 Å². The average molecular weight is 211 g/mol. The molecule has 0 aliphatic rings. The van der Waals surface area contributed by atoms with Gasteiger partial charge in [-0.25, -0.2) is 0 Å². The summed E-state index contributed by atoms with van der Waals surface area (Å²) in [4.78, 5) is 0. The van der Waals surface area contributed by atoms with Crippen molar-refractivity contribution in [3.8, 4) is 0 Å². The maximum atomic E-state index is 6.03. The van der Waals surface area contributed by atoms with Crippen LogP contribution in [0.15, 0.2) is 35.9 Å². The summed E-state index contributed by atoms with van der Waals surface area (Å²) in [6.45, 7) is 6.29. The zero-order chi connectivity index (χ0) is 11.7. The van der Waals surface area contributed by atoms with E-state index in [0.29, 0.717) is 0 Å². The largest absolute Gasteiger partial charge is 0.398 e. The van der Waals surface area contributed by atoms with Gasteiger partial charge in [0.1, 0.15) is 0 Å². The van der Waals surface area contributed by atoms with Crippen LogP contribution in [0.4, 0.5) is 5.69 Å². The molecule has 2 rings (SSSR count). The monoisotopic (exact) mass is 211 g/mol. The van der Waals surface area contributed by atoms with Gasteiger partial charge in [0.15, 0.2) is 0 Å². The molecule has 0 unspecified atom stereocenters. The highest BCUT2D eigenvalue weighted by molar-refractivity contribution is 5.95. The lowest BCUT2D eigenvalue weighted by molar-refractivity contribution is 1.42. The summed E-state index contributed by atoms with van der Waals surface area (Å²) in [6.07, 6.45) is 2.15. The molecule has 0 amide bonds. The van der Waals surface area contributed by atoms with Gasteiger partial charge in [-0.1, -0.05) is 41.5 Å². The second-order valence-electron chi connectivity index (χ2n) is 4.51. The van der Waals surface area contributed by atoms with Gasteiger partial charge in [0.2, 0.25) is 0 Å². The smallest absolute Gasteiger partial charge is 0.0394 e. The van der Waals surface area contributed by atoms with E-state index in [9.17, 15) is 0 Å². The first-order chi connectivity index (χ1) is 7.58. The Balaban J connectivity index is 2.80. The summed E-state index contributed by atoms with van der Waals surface area (Å²) in [6, 6.07) is 10.5. The molecule has 1 nitrogen and oxygen atoms in total. The Bertz CT molecular complexity index is 561. The number of aryl methyl sites for hydroxylation is 1. The van der Waals surface area contributed by atoms with E-state index in [2.05, 4.69) is 51.1 Å². The first kappa shape index (κ1) is 10.7. The van der Waals surface area contributed by atoms with Crippen molar-refractivity contribution in [3.05, 3.63) is 47.0 Å². The zero-order valence-electron chi connectivity index (χ0n) is 10.0.